The lowest BCUT2D eigenvalue weighted by atomic mass is 10.1. The van der Waals surface area contributed by atoms with Crippen molar-refractivity contribution in [3.05, 3.63) is 70.3 Å². The molecule has 0 radical (unpaired) electrons. The molecule has 0 aliphatic carbocycles. The second-order valence-corrected chi connectivity index (χ2v) is 4.43. The highest BCUT2D eigenvalue weighted by Crippen LogP contribution is 2.13. The monoisotopic (exact) mass is 298 g/mol. The maximum atomic E-state index is 10.6. The van der Waals surface area contributed by atoms with Crippen LogP contribution < -0.4 is 5.43 Å². The number of nitro groups is 1. The summed E-state index contributed by atoms with van der Waals surface area (Å²) in [5, 5.41) is 27.2. The number of para-hydroxylation sites is 1. The van der Waals surface area contributed by atoms with Crippen LogP contribution in [0.2, 0.25) is 0 Å². The number of oxime groups is 1. The zero-order valence-electron chi connectivity index (χ0n) is 11.8. The molecule has 7 heteroatoms. The van der Waals surface area contributed by atoms with Crippen molar-refractivity contribution in [2.75, 3.05) is 5.43 Å². The normalized spacial score (nSPS) is 12.0. The Balaban J connectivity index is 2.18. The molecule has 0 atom stereocenters. The van der Waals surface area contributed by atoms with Crippen molar-refractivity contribution in [1.29, 1.82) is 0 Å². The van der Waals surface area contributed by atoms with Crippen molar-refractivity contribution in [3.63, 3.8) is 0 Å². The Morgan fingerprint density at radius 1 is 1.14 bits per heavy atom. The number of hydrogen-bond donors (Lipinski definition) is 2. The van der Waals surface area contributed by atoms with Gasteiger partial charge >= 0.3 is 0 Å². The van der Waals surface area contributed by atoms with Gasteiger partial charge in [-0.3, -0.25) is 15.5 Å². The van der Waals surface area contributed by atoms with Crippen LogP contribution in [0.1, 0.15) is 12.5 Å². The van der Waals surface area contributed by atoms with Gasteiger partial charge in [0.25, 0.3) is 5.69 Å². The summed E-state index contributed by atoms with van der Waals surface area (Å²) in [6, 6.07) is 15.0. The Morgan fingerprint density at radius 2 is 1.77 bits per heavy atom. The van der Waals surface area contributed by atoms with Gasteiger partial charge in [-0.25, -0.2) is 0 Å². The molecule has 0 saturated heterocycles. The van der Waals surface area contributed by atoms with Crippen molar-refractivity contribution in [2.45, 2.75) is 6.92 Å². The van der Waals surface area contributed by atoms with Crippen molar-refractivity contribution in [1.82, 2.24) is 0 Å². The smallest absolute Gasteiger partial charge is 0.269 e. The van der Waals surface area contributed by atoms with Crippen molar-refractivity contribution in [2.24, 2.45) is 10.3 Å². The lowest BCUT2D eigenvalue weighted by Gasteiger charge is -2.05. The number of nitro benzene ring substituents is 1. The molecule has 0 amide bonds. The van der Waals surface area contributed by atoms with Gasteiger partial charge in [0.05, 0.1) is 16.3 Å². The molecule has 2 N–H and O–H groups in total. The van der Waals surface area contributed by atoms with E-state index < -0.39 is 4.92 Å². The average Bonchev–Trinajstić information content (AvgIpc) is 2.55. The first-order valence-corrected chi connectivity index (χ1v) is 6.44. The molecule has 0 aromatic heterocycles. The third-order valence-corrected chi connectivity index (χ3v) is 2.92. The van der Waals surface area contributed by atoms with E-state index in [0.717, 1.165) is 5.69 Å². The number of hydrazone groups is 1. The number of nitrogens with one attached hydrogen (secondary N) is 1. The van der Waals surface area contributed by atoms with Gasteiger partial charge in [-0.2, -0.15) is 5.10 Å². The van der Waals surface area contributed by atoms with Crippen molar-refractivity contribution in [3.8, 4) is 0 Å². The largest absolute Gasteiger partial charge is 0.410 e. The van der Waals surface area contributed by atoms with Crippen LogP contribution in [0.3, 0.4) is 0 Å². The molecule has 0 aliphatic rings. The van der Waals surface area contributed by atoms with E-state index in [1.54, 1.807) is 6.92 Å². The molecule has 0 aliphatic heterocycles. The molecule has 0 spiro atoms. The third kappa shape index (κ3) is 3.66. The number of non-ortho nitro benzene ring substituents is 1. The highest BCUT2D eigenvalue weighted by Gasteiger charge is 2.11. The molecule has 0 fully saturated rings. The quantitative estimate of drug-likeness (QED) is 0.383. The van der Waals surface area contributed by atoms with Gasteiger partial charge in [-0.05, 0) is 31.2 Å². The maximum absolute atomic E-state index is 10.6. The van der Waals surface area contributed by atoms with Crippen LogP contribution in [0, 0.1) is 10.1 Å². The first kappa shape index (κ1) is 15.2. The van der Waals surface area contributed by atoms with E-state index in [1.165, 1.54) is 24.3 Å². The van der Waals surface area contributed by atoms with E-state index in [2.05, 4.69) is 15.7 Å². The van der Waals surface area contributed by atoms with Crippen LogP contribution in [-0.4, -0.2) is 21.6 Å². The molecule has 0 bridgehead atoms. The summed E-state index contributed by atoms with van der Waals surface area (Å²) in [6.07, 6.45) is 0. The van der Waals surface area contributed by atoms with E-state index in [-0.39, 0.29) is 11.4 Å². The standard InChI is InChI=1S/C15H14N4O3/c1-11(16-17-13-5-3-2-4-6-13)15(18-20)12-7-9-14(10-8-12)19(21)22/h2-10,17,20H,1H3. The fourth-order valence-corrected chi connectivity index (χ4v) is 1.79. The topological polar surface area (TPSA) is 100 Å². The third-order valence-electron chi connectivity index (χ3n) is 2.92. The van der Waals surface area contributed by atoms with Crippen LogP contribution in [0.5, 0.6) is 0 Å². The first-order valence-electron chi connectivity index (χ1n) is 6.44. The molecule has 0 heterocycles. The van der Waals surface area contributed by atoms with Gasteiger partial charge in [0.1, 0.15) is 5.71 Å². The molecular formula is C15H14N4O3. The minimum atomic E-state index is -0.489. The van der Waals surface area contributed by atoms with Crippen LogP contribution >= 0.6 is 0 Å². The van der Waals surface area contributed by atoms with E-state index >= 15 is 0 Å². The van der Waals surface area contributed by atoms with E-state index in [1.807, 2.05) is 30.3 Å². The fraction of sp³-hybridized carbons (Fsp3) is 0.0667. The molecule has 2 aromatic carbocycles. The molecule has 112 valence electrons. The highest BCUT2D eigenvalue weighted by molar-refractivity contribution is 6.47. The summed E-state index contributed by atoms with van der Waals surface area (Å²) < 4.78 is 0. The maximum Gasteiger partial charge on any atom is 0.269 e. The van der Waals surface area contributed by atoms with Crippen LogP contribution in [0.25, 0.3) is 0 Å². The van der Waals surface area contributed by atoms with Gasteiger partial charge in [0.15, 0.2) is 0 Å². The number of benzene rings is 2. The number of rotatable bonds is 5. The van der Waals surface area contributed by atoms with Gasteiger partial charge < -0.3 is 5.21 Å². The second-order valence-electron chi connectivity index (χ2n) is 4.43. The summed E-state index contributed by atoms with van der Waals surface area (Å²) in [5.74, 6) is 0. The molecule has 2 rings (SSSR count). The van der Waals surface area contributed by atoms with Gasteiger partial charge in [0.2, 0.25) is 0 Å². The predicted octanol–water partition coefficient (Wildman–Crippen LogP) is 3.26. The molecule has 7 nitrogen and oxygen atoms in total. The average molecular weight is 298 g/mol. The molecule has 0 unspecified atom stereocenters. The van der Waals surface area contributed by atoms with Crippen molar-refractivity contribution < 1.29 is 10.1 Å². The van der Waals surface area contributed by atoms with Gasteiger partial charge in [-0.1, -0.05) is 23.4 Å². The number of anilines is 1. The van der Waals surface area contributed by atoms with E-state index in [9.17, 15) is 15.3 Å². The minimum absolute atomic E-state index is 0.0296. The number of nitrogens with zero attached hydrogens (tertiary/aromatic N) is 3. The molecular weight excluding hydrogens is 284 g/mol. The minimum Gasteiger partial charge on any atom is -0.410 e. The lowest BCUT2D eigenvalue weighted by molar-refractivity contribution is -0.384. The Bertz CT molecular complexity index is 709. The van der Waals surface area contributed by atoms with Gasteiger partial charge in [0, 0.05) is 17.7 Å². The van der Waals surface area contributed by atoms with Crippen LogP contribution in [0.15, 0.2) is 64.9 Å². The molecule has 2 aromatic rings. The van der Waals surface area contributed by atoms with Crippen LogP contribution in [-0.2, 0) is 0 Å². The lowest BCUT2D eigenvalue weighted by Crippen LogP contribution is -2.14. The van der Waals surface area contributed by atoms with Crippen molar-refractivity contribution >= 4 is 22.8 Å². The van der Waals surface area contributed by atoms with E-state index in [0.29, 0.717) is 11.3 Å². The first-order chi connectivity index (χ1) is 10.6. The Hall–Kier alpha value is -3.22. The van der Waals surface area contributed by atoms with E-state index in [4.69, 9.17) is 0 Å². The summed E-state index contributed by atoms with van der Waals surface area (Å²) in [4.78, 5) is 10.1. The summed E-state index contributed by atoms with van der Waals surface area (Å²) in [5.41, 5.74) is 4.82. The zero-order valence-corrected chi connectivity index (χ0v) is 11.8. The molecule has 0 saturated carbocycles. The Labute approximate surface area is 126 Å². The SMILES string of the molecule is CC(=NNc1ccccc1)C(=NO)c1ccc([N+](=O)[O-])cc1. The summed E-state index contributed by atoms with van der Waals surface area (Å²) >= 11 is 0. The Morgan fingerprint density at radius 3 is 2.32 bits per heavy atom. The van der Waals surface area contributed by atoms with Crippen LogP contribution in [0.4, 0.5) is 11.4 Å². The zero-order chi connectivity index (χ0) is 15.9. The Kier molecular flexibility index (Phi) is 4.81. The fourth-order valence-electron chi connectivity index (χ4n) is 1.79. The highest BCUT2D eigenvalue weighted by atomic mass is 16.6. The second kappa shape index (κ2) is 6.98. The summed E-state index contributed by atoms with van der Waals surface area (Å²) in [7, 11) is 0. The van der Waals surface area contributed by atoms with Gasteiger partial charge in [-0.15, -0.1) is 0 Å². The molecule has 22 heavy (non-hydrogen) atoms. The predicted molar refractivity (Wildman–Crippen MR) is 84.6 cm³/mol. The number of hydrogen-bond acceptors (Lipinski definition) is 6. The summed E-state index contributed by atoms with van der Waals surface area (Å²) in [6.45, 7) is 1.67.